The van der Waals surface area contributed by atoms with Gasteiger partial charge in [-0.1, -0.05) is 38.0 Å². The van der Waals surface area contributed by atoms with E-state index in [1.165, 1.54) is 19.3 Å². The molecule has 0 radical (unpaired) electrons. The molecule has 4 nitrogen and oxygen atoms in total. The van der Waals surface area contributed by atoms with Crippen molar-refractivity contribution < 1.29 is 4.79 Å². The van der Waals surface area contributed by atoms with Gasteiger partial charge in [-0.15, -0.1) is 0 Å². The Bertz CT molecular complexity index is 665. The van der Waals surface area contributed by atoms with Crippen molar-refractivity contribution in [2.75, 3.05) is 7.05 Å². The highest BCUT2D eigenvalue weighted by molar-refractivity contribution is 5.76. The first kappa shape index (κ1) is 16.7. The highest BCUT2D eigenvalue weighted by Crippen LogP contribution is 2.27. The molecule has 0 spiro atoms. The van der Waals surface area contributed by atoms with Crippen molar-refractivity contribution in [3.8, 4) is 5.69 Å². The summed E-state index contributed by atoms with van der Waals surface area (Å²) in [7, 11) is 1.97. The fourth-order valence-electron chi connectivity index (χ4n) is 3.70. The zero-order valence-electron chi connectivity index (χ0n) is 14.7. The van der Waals surface area contributed by atoms with Crippen LogP contribution >= 0.6 is 0 Å². The van der Waals surface area contributed by atoms with E-state index >= 15 is 0 Å². The fourth-order valence-corrected chi connectivity index (χ4v) is 3.70. The molecule has 128 valence electrons. The molecule has 0 bridgehead atoms. The second-order valence-corrected chi connectivity index (χ2v) is 6.96. The Kier molecular flexibility index (Phi) is 5.34. The Labute approximate surface area is 144 Å². The number of nitrogens with zero attached hydrogens (tertiary/aromatic N) is 3. The third kappa shape index (κ3) is 3.86. The van der Waals surface area contributed by atoms with Crippen LogP contribution in [0.5, 0.6) is 0 Å². The standard InChI is InChI=1S/C20H27N3O/c1-16-8-6-7-11-19(16)22(2)20(24)13-12-17-14-21-23(15-17)18-9-4-3-5-10-18/h3-5,9-10,14-16,19H,6-8,11-13H2,1-2H3. The lowest BCUT2D eigenvalue weighted by molar-refractivity contribution is -0.133. The monoisotopic (exact) mass is 325 g/mol. The first-order chi connectivity index (χ1) is 11.6. The summed E-state index contributed by atoms with van der Waals surface area (Å²) in [5.74, 6) is 0.870. The van der Waals surface area contributed by atoms with Gasteiger partial charge in [-0.25, -0.2) is 4.68 Å². The number of aromatic nitrogens is 2. The van der Waals surface area contributed by atoms with Gasteiger partial charge in [0.2, 0.25) is 5.91 Å². The molecule has 2 atom stereocenters. The Balaban J connectivity index is 1.55. The Morgan fingerprint density at radius 3 is 2.75 bits per heavy atom. The number of hydrogen-bond acceptors (Lipinski definition) is 2. The summed E-state index contributed by atoms with van der Waals surface area (Å²) in [6.45, 7) is 2.28. The van der Waals surface area contributed by atoms with Crippen molar-refractivity contribution >= 4 is 5.91 Å². The number of carbonyl (C=O) groups excluding carboxylic acids is 1. The molecule has 0 N–H and O–H groups in total. The van der Waals surface area contributed by atoms with Gasteiger partial charge in [0.05, 0.1) is 11.9 Å². The zero-order chi connectivity index (χ0) is 16.9. The SMILES string of the molecule is CC1CCCCC1N(C)C(=O)CCc1cnn(-c2ccccc2)c1. The van der Waals surface area contributed by atoms with E-state index in [1.54, 1.807) is 0 Å². The third-order valence-corrected chi connectivity index (χ3v) is 5.24. The summed E-state index contributed by atoms with van der Waals surface area (Å²) >= 11 is 0. The number of carbonyl (C=O) groups is 1. The van der Waals surface area contributed by atoms with Gasteiger partial charge in [0, 0.05) is 25.7 Å². The van der Waals surface area contributed by atoms with Gasteiger partial charge in [0.1, 0.15) is 0 Å². The van der Waals surface area contributed by atoms with Gasteiger partial charge in [0.15, 0.2) is 0 Å². The van der Waals surface area contributed by atoms with E-state index in [0.717, 1.165) is 24.1 Å². The van der Waals surface area contributed by atoms with Gasteiger partial charge < -0.3 is 4.90 Å². The maximum Gasteiger partial charge on any atom is 0.222 e. The molecule has 2 unspecified atom stereocenters. The normalized spacial score (nSPS) is 20.8. The van der Waals surface area contributed by atoms with Gasteiger partial charge in [0.25, 0.3) is 0 Å². The minimum atomic E-state index is 0.251. The van der Waals surface area contributed by atoms with Gasteiger partial charge in [-0.2, -0.15) is 5.10 Å². The largest absolute Gasteiger partial charge is 0.343 e. The zero-order valence-corrected chi connectivity index (χ0v) is 14.7. The summed E-state index contributed by atoms with van der Waals surface area (Å²) in [6.07, 6.45) is 10.1. The van der Waals surface area contributed by atoms with E-state index < -0.39 is 0 Å². The number of rotatable bonds is 5. The Morgan fingerprint density at radius 2 is 2.00 bits per heavy atom. The number of aryl methyl sites for hydroxylation is 1. The highest BCUT2D eigenvalue weighted by atomic mass is 16.2. The maximum absolute atomic E-state index is 12.5. The van der Waals surface area contributed by atoms with E-state index in [9.17, 15) is 4.79 Å². The lowest BCUT2D eigenvalue weighted by atomic mass is 9.85. The van der Waals surface area contributed by atoms with Gasteiger partial charge in [-0.3, -0.25) is 4.79 Å². The summed E-state index contributed by atoms with van der Waals surface area (Å²) in [5.41, 5.74) is 2.15. The molecule has 0 saturated heterocycles. The smallest absolute Gasteiger partial charge is 0.222 e. The number of hydrogen-bond donors (Lipinski definition) is 0. The lowest BCUT2D eigenvalue weighted by Crippen LogP contribution is -2.42. The minimum absolute atomic E-state index is 0.251. The molecule has 1 aromatic heterocycles. The number of para-hydroxylation sites is 1. The van der Waals surface area contributed by atoms with Crippen LogP contribution in [0.4, 0.5) is 0 Å². The van der Waals surface area contributed by atoms with Crippen molar-refractivity contribution in [3.63, 3.8) is 0 Å². The van der Waals surface area contributed by atoms with E-state index in [0.29, 0.717) is 18.4 Å². The molecule has 3 rings (SSSR count). The molecule has 1 aliphatic rings. The summed E-state index contributed by atoms with van der Waals surface area (Å²) in [6, 6.07) is 10.5. The van der Waals surface area contributed by atoms with Crippen LogP contribution in [-0.2, 0) is 11.2 Å². The first-order valence-electron chi connectivity index (χ1n) is 9.00. The third-order valence-electron chi connectivity index (χ3n) is 5.24. The van der Waals surface area contributed by atoms with Crippen LogP contribution in [0.15, 0.2) is 42.7 Å². The molecular formula is C20H27N3O. The van der Waals surface area contributed by atoms with Crippen molar-refractivity contribution in [2.24, 2.45) is 5.92 Å². The number of benzene rings is 1. The maximum atomic E-state index is 12.5. The molecule has 2 aromatic rings. The molecule has 1 aromatic carbocycles. The molecule has 0 aliphatic heterocycles. The fraction of sp³-hybridized carbons (Fsp3) is 0.500. The Morgan fingerprint density at radius 1 is 1.25 bits per heavy atom. The Hall–Kier alpha value is -2.10. The first-order valence-corrected chi connectivity index (χ1v) is 9.00. The van der Waals surface area contributed by atoms with Crippen LogP contribution in [0.3, 0.4) is 0 Å². The van der Waals surface area contributed by atoms with E-state index in [-0.39, 0.29) is 5.91 Å². The molecule has 1 amide bonds. The van der Waals surface area contributed by atoms with Gasteiger partial charge >= 0.3 is 0 Å². The summed E-state index contributed by atoms with van der Waals surface area (Å²) < 4.78 is 1.87. The van der Waals surface area contributed by atoms with E-state index in [1.807, 2.05) is 59.4 Å². The van der Waals surface area contributed by atoms with Crippen molar-refractivity contribution in [2.45, 2.75) is 51.5 Å². The number of amides is 1. The molecule has 4 heteroatoms. The summed E-state index contributed by atoms with van der Waals surface area (Å²) in [5, 5.41) is 4.40. The van der Waals surface area contributed by atoms with Crippen LogP contribution in [0.25, 0.3) is 5.69 Å². The minimum Gasteiger partial charge on any atom is -0.343 e. The topological polar surface area (TPSA) is 38.1 Å². The van der Waals surface area contributed by atoms with Crippen molar-refractivity contribution in [1.29, 1.82) is 0 Å². The van der Waals surface area contributed by atoms with E-state index in [2.05, 4.69) is 12.0 Å². The summed E-state index contributed by atoms with van der Waals surface area (Å²) in [4.78, 5) is 14.5. The molecule has 1 fully saturated rings. The van der Waals surface area contributed by atoms with Crippen molar-refractivity contribution in [1.82, 2.24) is 14.7 Å². The second-order valence-electron chi connectivity index (χ2n) is 6.96. The average Bonchev–Trinajstić information content (AvgIpc) is 3.09. The van der Waals surface area contributed by atoms with Crippen LogP contribution in [-0.4, -0.2) is 33.7 Å². The average molecular weight is 325 g/mol. The highest BCUT2D eigenvalue weighted by Gasteiger charge is 2.27. The lowest BCUT2D eigenvalue weighted by Gasteiger charge is -2.36. The van der Waals surface area contributed by atoms with E-state index in [4.69, 9.17) is 0 Å². The van der Waals surface area contributed by atoms with Gasteiger partial charge in [-0.05, 0) is 42.9 Å². The van der Waals surface area contributed by atoms with Crippen LogP contribution in [0, 0.1) is 5.92 Å². The second kappa shape index (κ2) is 7.65. The molecular weight excluding hydrogens is 298 g/mol. The quantitative estimate of drug-likeness (QED) is 0.837. The predicted octanol–water partition coefficient (Wildman–Crippen LogP) is 3.84. The van der Waals surface area contributed by atoms with Crippen molar-refractivity contribution in [3.05, 3.63) is 48.3 Å². The predicted molar refractivity (Wildman–Crippen MR) is 96.1 cm³/mol. The molecule has 1 heterocycles. The van der Waals surface area contributed by atoms with Crippen LogP contribution in [0.2, 0.25) is 0 Å². The van der Waals surface area contributed by atoms with Crippen LogP contribution < -0.4 is 0 Å². The molecule has 1 saturated carbocycles. The molecule has 1 aliphatic carbocycles. The van der Waals surface area contributed by atoms with Crippen LogP contribution in [0.1, 0.15) is 44.6 Å². The molecule has 24 heavy (non-hydrogen) atoms.